The zero-order chi connectivity index (χ0) is 18.5. The number of amides is 1. The Labute approximate surface area is 159 Å². The average molecular weight is 390 g/mol. The van der Waals surface area contributed by atoms with Crippen molar-refractivity contribution >= 4 is 34.6 Å². The maximum Gasteiger partial charge on any atom is 0.246 e. The molecule has 0 aliphatic heterocycles. The van der Waals surface area contributed by atoms with Gasteiger partial charge in [-0.2, -0.15) is 5.10 Å². The van der Waals surface area contributed by atoms with Crippen molar-refractivity contribution < 1.29 is 9.53 Å². The second kappa shape index (κ2) is 8.19. The van der Waals surface area contributed by atoms with E-state index < -0.39 is 0 Å². The number of nitrogens with one attached hydrogen (secondary N) is 2. The SMILES string of the molecule is CCCc1nnc(NC(=O)Cn2c(-c3ccc(OC)cc3)n[nH]c2=S)s1. The second-order valence-electron chi connectivity index (χ2n) is 5.47. The number of nitrogens with zero attached hydrogens (tertiary/aromatic N) is 4. The number of H-pyrrole nitrogens is 1. The number of carbonyl (C=O) groups excluding carboxylic acids is 1. The lowest BCUT2D eigenvalue weighted by Gasteiger charge is -2.07. The molecule has 10 heteroatoms. The summed E-state index contributed by atoms with van der Waals surface area (Å²) >= 11 is 6.64. The average Bonchev–Trinajstić information content (AvgIpc) is 3.22. The normalized spacial score (nSPS) is 10.7. The summed E-state index contributed by atoms with van der Waals surface area (Å²) in [5.41, 5.74) is 0.826. The fourth-order valence-electron chi connectivity index (χ4n) is 2.35. The standard InChI is InChI=1S/C16H18N6O2S2/c1-3-4-13-18-20-15(26-13)17-12(23)9-22-14(19-21-16(22)25)10-5-7-11(24-2)8-6-10/h5-8H,3-4,9H2,1-2H3,(H,21,25)(H,17,20,23). The maximum absolute atomic E-state index is 12.4. The molecule has 3 aromatic rings. The first-order valence-electron chi connectivity index (χ1n) is 8.02. The van der Waals surface area contributed by atoms with Crippen LogP contribution in [0.15, 0.2) is 24.3 Å². The molecule has 136 valence electrons. The largest absolute Gasteiger partial charge is 0.497 e. The smallest absolute Gasteiger partial charge is 0.246 e. The molecule has 0 aliphatic carbocycles. The van der Waals surface area contributed by atoms with Crippen LogP contribution in [0.1, 0.15) is 18.4 Å². The number of aromatic amines is 1. The summed E-state index contributed by atoms with van der Waals surface area (Å²) in [6.45, 7) is 2.10. The molecule has 3 rings (SSSR count). The highest BCUT2D eigenvalue weighted by Crippen LogP contribution is 2.21. The third-order valence-corrected chi connectivity index (χ3v) is 4.80. The third kappa shape index (κ3) is 4.14. The molecule has 0 saturated carbocycles. The number of benzene rings is 1. The van der Waals surface area contributed by atoms with E-state index >= 15 is 0 Å². The number of hydrogen-bond acceptors (Lipinski definition) is 7. The molecule has 2 heterocycles. The zero-order valence-corrected chi connectivity index (χ0v) is 16.0. The third-order valence-electron chi connectivity index (χ3n) is 3.59. The number of aryl methyl sites for hydroxylation is 1. The van der Waals surface area contributed by atoms with Gasteiger partial charge in [0.1, 0.15) is 17.3 Å². The number of anilines is 1. The van der Waals surface area contributed by atoms with Crippen LogP contribution in [0.2, 0.25) is 0 Å². The summed E-state index contributed by atoms with van der Waals surface area (Å²) in [6, 6.07) is 7.38. The van der Waals surface area contributed by atoms with Gasteiger partial charge < -0.3 is 4.74 Å². The Morgan fingerprint density at radius 2 is 2.12 bits per heavy atom. The van der Waals surface area contributed by atoms with Crippen LogP contribution < -0.4 is 10.1 Å². The molecule has 0 saturated heterocycles. The highest BCUT2D eigenvalue weighted by molar-refractivity contribution is 7.71. The number of ether oxygens (including phenoxy) is 1. The van der Waals surface area contributed by atoms with Crippen LogP contribution in [0.5, 0.6) is 5.75 Å². The first kappa shape index (κ1) is 18.2. The van der Waals surface area contributed by atoms with Crippen LogP contribution in [-0.4, -0.2) is 38.0 Å². The summed E-state index contributed by atoms with van der Waals surface area (Å²) in [7, 11) is 1.61. The van der Waals surface area contributed by atoms with Gasteiger partial charge in [-0.1, -0.05) is 18.3 Å². The first-order chi connectivity index (χ1) is 12.6. The van der Waals surface area contributed by atoms with Crippen molar-refractivity contribution in [3.63, 3.8) is 0 Å². The highest BCUT2D eigenvalue weighted by Gasteiger charge is 2.14. The number of methoxy groups -OCH3 is 1. The van der Waals surface area contributed by atoms with Crippen LogP contribution in [0, 0.1) is 4.77 Å². The Morgan fingerprint density at radius 1 is 1.35 bits per heavy atom. The van der Waals surface area contributed by atoms with Crippen molar-refractivity contribution in [2.45, 2.75) is 26.3 Å². The second-order valence-corrected chi connectivity index (χ2v) is 6.91. The molecule has 8 nitrogen and oxygen atoms in total. The van der Waals surface area contributed by atoms with E-state index in [4.69, 9.17) is 17.0 Å². The molecule has 0 aliphatic rings. The van der Waals surface area contributed by atoms with E-state index in [2.05, 4.69) is 32.6 Å². The van der Waals surface area contributed by atoms with Crippen molar-refractivity contribution in [2.75, 3.05) is 12.4 Å². The first-order valence-corrected chi connectivity index (χ1v) is 9.25. The van der Waals surface area contributed by atoms with Gasteiger partial charge in [-0.25, -0.2) is 0 Å². The van der Waals surface area contributed by atoms with E-state index in [1.165, 1.54) is 11.3 Å². The van der Waals surface area contributed by atoms with E-state index in [0.717, 1.165) is 29.2 Å². The molecular weight excluding hydrogens is 372 g/mol. The Balaban J connectivity index is 1.75. The van der Waals surface area contributed by atoms with Crippen LogP contribution in [0.4, 0.5) is 5.13 Å². The summed E-state index contributed by atoms with van der Waals surface area (Å²) in [6.07, 6.45) is 1.83. The van der Waals surface area contributed by atoms with E-state index in [9.17, 15) is 4.79 Å². The molecule has 2 aromatic heterocycles. The maximum atomic E-state index is 12.4. The van der Waals surface area contributed by atoms with Gasteiger partial charge in [-0.15, -0.1) is 10.2 Å². The fourth-order valence-corrected chi connectivity index (χ4v) is 3.40. The molecule has 0 bridgehead atoms. The molecule has 1 aromatic carbocycles. The van der Waals surface area contributed by atoms with Gasteiger partial charge in [0.2, 0.25) is 11.0 Å². The number of aromatic nitrogens is 5. The van der Waals surface area contributed by atoms with Crippen molar-refractivity contribution in [1.29, 1.82) is 0 Å². The molecule has 0 unspecified atom stereocenters. The lowest BCUT2D eigenvalue weighted by Crippen LogP contribution is -2.19. The number of hydrogen-bond donors (Lipinski definition) is 2. The van der Waals surface area contributed by atoms with Gasteiger partial charge in [0.15, 0.2) is 10.6 Å². The Kier molecular flexibility index (Phi) is 5.74. The molecule has 1 amide bonds. The lowest BCUT2D eigenvalue weighted by molar-refractivity contribution is -0.116. The van der Waals surface area contributed by atoms with Gasteiger partial charge in [0.25, 0.3) is 0 Å². The van der Waals surface area contributed by atoms with Crippen LogP contribution in [-0.2, 0) is 17.8 Å². The lowest BCUT2D eigenvalue weighted by atomic mass is 10.2. The van der Waals surface area contributed by atoms with E-state index in [1.54, 1.807) is 11.7 Å². The van der Waals surface area contributed by atoms with Gasteiger partial charge in [0, 0.05) is 12.0 Å². The minimum absolute atomic E-state index is 0.0272. The Bertz CT molecular complexity index is 944. The summed E-state index contributed by atoms with van der Waals surface area (Å²) in [5.74, 6) is 1.08. The van der Waals surface area contributed by atoms with Gasteiger partial charge in [-0.05, 0) is 42.9 Å². The van der Waals surface area contributed by atoms with Crippen LogP contribution >= 0.6 is 23.6 Å². The number of carbonyl (C=O) groups is 1. The molecule has 2 N–H and O–H groups in total. The topological polar surface area (TPSA) is 97.7 Å². The van der Waals surface area contributed by atoms with Crippen molar-refractivity contribution in [3.05, 3.63) is 34.0 Å². The Morgan fingerprint density at radius 3 is 2.81 bits per heavy atom. The van der Waals surface area contributed by atoms with E-state index in [0.29, 0.717) is 15.7 Å². The minimum Gasteiger partial charge on any atom is -0.497 e. The van der Waals surface area contributed by atoms with E-state index in [-0.39, 0.29) is 12.5 Å². The predicted molar refractivity (Wildman–Crippen MR) is 102 cm³/mol. The zero-order valence-electron chi connectivity index (χ0n) is 14.4. The predicted octanol–water partition coefficient (Wildman–Crippen LogP) is 3.06. The quantitative estimate of drug-likeness (QED) is 0.602. The molecule has 0 fully saturated rings. The number of rotatable bonds is 7. The van der Waals surface area contributed by atoms with Crippen molar-refractivity contribution in [1.82, 2.24) is 25.0 Å². The minimum atomic E-state index is -0.239. The summed E-state index contributed by atoms with van der Waals surface area (Å²) in [4.78, 5) is 12.4. The summed E-state index contributed by atoms with van der Waals surface area (Å²) in [5, 5.41) is 19.2. The fraction of sp³-hybridized carbons (Fsp3) is 0.312. The van der Waals surface area contributed by atoms with Crippen molar-refractivity contribution in [3.8, 4) is 17.1 Å². The monoisotopic (exact) mass is 390 g/mol. The van der Waals surface area contributed by atoms with Crippen LogP contribution in [0.3, 0.4) is 0 Å². The van der Waals surface area contributed by atoms with Crippen LogP contribution in [0.25, 0.3) is 11.4 Å². The van der Waals surface area contributed by atoms with E-state index in [1.807, 2.05) is 24.3 Å². The molecule has 0 atom stereocenters. The molecule has 0 spiro atoms. The Hall–Kier alpha value is -2.59. The highest BCUT2D eigenvalue weighted by atomic mass is 32.1. The van der Waals surface area contributed by atoms with Gasteiger partial charge in [0.05, 0.1) is 7.11 Å². The molecule has 26 heavy (non-hydrogen) atoms. The van der Waals surface area contributed by atoms with Crippen molar-refractivity contribution in [2.24, 2.45) is 0 Å². The summed E-state index contributed by atoms with van der Waals surface area (Å²) < 4.78 is 7.17. The molecule has 0 radical (unpaired) electrons. The van der Waals surface area contributed by atoms with Gasteiger partial charge in [-0.3, -0.25) is 19.8 Å². The van der Waals surface area contributed by atoms with Gasteiger partial charge >= 0.3 is 0 Å². The molecular formula is C16H18N6O2S2.